The number of carbonyl (C=O) groups excluding carboxylic acids is 1. The van der Waals surface area contributed by atoms with Crippen LogP contribution in [0, 0.1) is 0 Å². The zero-order valence-corrected chi connectivity index (χ0v) is 18.1. The number of methoxy groups -OCH3 is 1. The summed E-state index contributed by atoms with van der Waals surface area (Å²) in [7, 11) is 5.31. The van der Waals surface area contributed by atoms with Crippen LogP contribution in [0.3, 0.4) is 0 Å². The molecule has 0 amide bonds. The first-order valence-electron chi connectivity index (χ1n) is 9.58. The third-order valence-electron chi connectivity index (χ3n) is 4.28. The van der Waals surface area contributed by atoms with Crippen LogP contribution in [0.4, 0.5) is 5.69 Å². The van der Waals surface area contributed by atoms with E-state index >= 15 is 0 Å². The Morgan fingerprint density at radius 2 is 1.86 bits per heavy atom. The molecule has 0 aliphatic rings. The average molecular weight is 408 g/mol. The van der Waals surface area contributed by atoms with E-state index in [1.807, 2.05) is 37.4 Å². The molecule has 0 aromatic heterocycles. The molecule has 1 N–H and O–H groups in total. The largest absolute Gasteiger partial charge is 0.494 e. The minimum atomic E-state index is -0.358. The molecule has 1 rings (SSSR count). The lowest BCUT2D eigenvalue weighted by molar-refractivity contribution is -0.139. The van der Waals surface area contributed by atoms with Crippen LogP contribution in [0.15, 0.2) is 36.9 Å². The van der Waals surface area contributed by atoms with Gasteiger partial charge in [-0.3, -0.25) is 4.79 Å². The maximum absolute atomic E-state index is 11.2. The summed E-state index contributed by atoms with van der Waals surface area (Å²) >= 11 is 5.28. The van der Waals surface area contributed by atoms with E-state index < -0.39 is 0 Å². The van der Waals surface area contributed by atoms with Crippen molar-refractivity contribution >= 4 is 29.0 Å². The number of benzene rings is 1. The highest BCUT2D eigenvalue weighted by atomic mass is 32.1. The minimum Gasteiger partial charge on any atom is -0.494 e. The Labute approximate surface area is 174 Å². The van der Waals surface area contributed by atoms with E-state index in [-0.39, 0.29) is 12.5 Å². The number of nitrogens with zero attached hydrogens (tertiary/aromatic N) is 2. The topological polar surface area (TPSA) is 54.0 Å². The van der Waals surface area contributed by atoms with Crippen LogP contribution in [0.5, 0.6) is 5.75 Å². The van der Waals surface area contributed by atoms with Gasteiger partial charge in [0.1, 0.15) is 12.3 Å². The molecule has 0 radical (unpaired) electrons. The number of rotatable bonds is 13. The van der Waals surface area contributed by atoms with Gasteiger partial charge >= 0.3 is 5.97 Å². The third kappa shape index (κ3) is 9.71. The van der Waals surface area contributed by atoms with Gasteiger partial charge in [-0.2, -0.15) is 0 Å². The molecule has 28 heavy (non-hydrogen) atoms. The molecular weight excluding hydrogens is 374 g/mol. The van der Waals surface area contributed by atoms with Crippen LogP contribution in [0.25, 0.3) is 0 Å². The zero-order valence-electron chi connectivity index (χ0n) is 17.3. The van der Waals surface area contributed by atoms with Crippen molar-refractivity contribution in [3.05, 3.63) is 36.9 Å². The number of carbonyl (C=O) groups is 1. The number of thiocarbonyl (C=S) groups is 1. The Hall–Kier alpha value is -2.12. The van der Waals surface area contributed by atoms with E-state index in [2.05, 4.69) is 28.6 Å². The van der Waals surface area contributed by atoms with Crippen molar-refractivity contribution in [1.29, 1.82) is 0 Å². The number of anilines is 1. The molecule has 0 bridgehead atoms. The van der Waals surface area contributed by atoms with Gasteiger partial charge in [0.15, 0.2) is 5.11 Å². The highest BCUT2D eigenvalue weighted by Gasteiger charge is 2.09. The summed E-state index contributed by atoms with van der Waals surface area (Å²) in [5.41, 5.74) is 0.915. The molecule has 0 atom stereocenters. The Kier molecular flexibility index (Phi) is 11.9. The Morgan fingerprint density at radius 1 is 1.18 bits per heavy atom. The summed E-state index contributed by atoms with van der Waals surface area (Å²) in [5, 5.41) is 3.32. The quantitative estimate of drug-likeness (QED) is 0.233. The minimum absolute atomic E-state index is 0.0470. The lowest BCUT2D eigenvalue weighted by Crippen LogP contribution is -2.39. The highest BCUT2D eigenvalue weighted by molar-refractivity contribution is 7.80. The molecule has 1 aromatic rings. The normalized spacial score (nSPS) is 10.4. The van der Waals surface area contributed by atoms with Crippen LogP contribution >= 0.6 is 12.2 Å². The third-order valence-corrected chi connectivity index (χ3v) is 4.70. The predicted octanol–water partition coefficient (Wildman–Crippen LogP) is 3.23. The summed E-state index contributed by atoms with van der Waals surface area (Å²) in [4.78, 5) is 15.2. The fourth-order valence-corrected chi connectivity index (χ4v) is 2.74. The average Bonchev–Trinajstić information content (AvgIpc) is 2.71. The van der Waals surface area contributed by atoms with Crippen LogP contribution in [-0.4, -0.2) is 63.4 Å². The van der Waals surface area contributed by atoms with Crippen molar-refractivity contribution in [2.24, 2.45) is 0 Å². The summed E-state index contributed by atoms with van der Waals surface area (Å²) in [5.74, 6) is 0.486. The number of likely N-dealkylation sites (N-methyl/N-ethyl adjacent to an activating group) is 1. The Morgan fingerprint density at radius 3 is 2.50 bits per heavy atom. The summed E-state index contributed by atoms with van der Waals surface area (Å²) in [6, 6.07) is 7.74. The molecule has 0 unspecified atom stereocenters. The summed E-state index contributed by atoms with van der Waals surface area (Å²) < 4.78 is 10.4. The summed E-state index contributed by atoms with van der Waals surface area (Å²) in [6.07, 6.45) is 6.57. The first kappa shape index (κ1) is 23.9. The molecule has 156 valence electrons. The number of hydrogen-bond acceptors (Lipinski definition) is 5. The fourth-order valence-electron chi connectivity index (χ4n) is 2.56. The van der Waals surface area contributed by atoms with Gasteiger partial charge in [-0.1, -0.05) is 18.9 Å². The molecule has 0 aliphatic heterocycles. The van der Waals surface area contributed by atoms with E-state index in [0.717, 1.165) is 37.6 Å². The van der Waals surface area contributed by atoms with Crippen molar-refractivity contribution in [1.82, 2.24) is 10.2 Å². The molecule has 0 saturated carbocycles. The fraction of sp³-hybridized carbons (Fsp3) is 0.524. The van der Waals surface area contributed by atoms with E-state index in [1.165, 1.54) is 26.4 Å². The smallest absolute Gasteiger partial charge is 0.325 e. The molecule has 0 saturated heterocycles. The number of unbranched alkanes of at least 4 members (excludes halogenated alkanes) is 3. The van der Waals surface area contributed by atoms with Gasteiger partial charge in [0, 0.05) is 19.3 Å². The lowest BCUT2D eigenvalue weighted by Gasteiger charge is -2.21. The molecule has 0 fully saturated rings. The van der Waals surface area contributed by atoms with Gasteiger partial charge < -0.3 is 24.6 Å². The molecule has 0 spiro atoms. The van der Waals surface area contributed by atoms with Crippen LogP contribution in [0.2, 0.25) is 0 Å². The van der Waals surface area contributed by atoms with Crippen LogP contribution < -0.4 is 15.0 Å². The first-order valence-corrected chi connectivity index (χ1v) is 9.99. The first-order chi connectivity index (χ1) is 13.5. The van der Waals surface area contributed by atoms with Crippen molar-refractivity contribution < 1.29 is 14.3 Å². The Bertz CT molecular complexity index is 607. The van der Waals surface area contributed by atoms with Gasteiger partial charge in [0.05, 0.1) is 13.7 Å². The Balaban J connectivity index is 2.24. The van der Waals surface area contributed by atoms with E-state index in [9.17, 15) is 4.79 Å². The van der Waals surface area contributed by atoms with E-state index in [0.29, 0.717) is 5.11 Å². The highest BCUT2D eigenvalue weighted by Crippen LogP contribution is 2.19. The number of nitrogens with one attached hydrogen (secondary N) is 1. The van der Waals surface area contributed by atoms with Gasteiger partial charge in [-0.25, -0.2) is 0 Å². The molecule has 6 nitrogen and oxygen atoms in total. The standard InChI is InChI=1S/C21H33N3O3S/c1-5-14-23(2)15-8-6-7-9-16-27-19-12-10-18(11-13-19)24(3)21(28)22-17-20(25)26-4/h5,10-13H,1,6-9,14-17H2,2-4H3,(H,22,28). The van der Waals surface area contributed by atoms with E-state index in [1.54, 1.807) is 4.90 Å². The predicted molar refractivity (Wildman–Crippen MR) is 119 cm³/mol. The van der Waals surface area contributed by atoms with Crippen molar-refractivity contribution in [3.63, 3.8) is 0 Å². The molecule has 1 aromatic carbocycles. The zero-order chi connectivity index (χ0) is 20.8. The second kappa shape index (κ2) is 14.0. The number of ether oxygens (including phenoxy) is 2. The van der Waals surface area contributed by atoms with Gasteiger partial charge in [0.2, 0.25) is 0 Å². The van der Waals surface area contributed by atoms with Gasteiger partial charge in [0.25, 0.3) is 0 Å². The molecule has 0 aliphatic carbocycles. The van der Waals surface area contributed by atoms with Crippen molar-refractivity contribution in [3.8, 4) is 5.75 Å². The SMILES string of the molecule is C=CCN(C)CCCCCCOc1ccc(N(C)C(=S)NCC(=O)OC)cc1. The van der Waals surface area contributed by atoms with E-state index in [4.69, 9.17) is 17.0 Å². The number of esters is 1. The van der Waals surface area contributed by atoms with Crippen LogP contribution in [0.1, 0.15) is 25.7 Å². The molecule has 7 heteroatoms. The maximum atomic E-state index is 11.2. The maximum Gasteiger partial charge on any atom is 0.325 e. The molecular formula is C21H33N3O3S. The number of hydrogen-bond donors (Lipinski definition) is 1. The molecule has 0 heterocycles. The van der Waals surface area contributed by atoms with Crippen LogP contribution in [-0.2, 0) is 9.53 Å². The van der Waals surface area contributed by atoms with Crippen molar-refractivity contribution in [2.75, 3.05) is 52.3 Å². The van der Waals surface area contributed by atoms with Crippen molar-refractivity contribution in [2.45, 2.75) is 25.7 Å². The summed E-state index contributed by atoms with van der Waals surface area (Å²) in [6.45, 7) is 6.57. The lowest BCUT2D eigenvalue weighted by atomic mass is 10.2. The monoisotopic (exact) mass is 407 g/mol. The van der Waals surface area contributed by atoms with Gasteiger partial charge in [-0.05, 0) is 62.9 Å². The van der Waals surface area contributed by atoms with Gasteiger partial charge in [-0.15, -0.1) is 6.58 Å². The second-order valence-electron chi connectivity index (χ2n) is 6.60. The second-order valence-corrected chi connectivity index (χ2v) is 6.99.